The summed E-state index contributed by atoms with van der Waals surface area (Å²) in [5.74, 6) is 1.06. The molecule has 0 spiro atoms. The van der Waals surface area contributed by atoms with Crippen LogP contribution in [-0.2, 0) is 6.54 Å². The third kappa shape index (κ3) is 2.16. The van der Waals surface area contributed by atoms with Gasteiger partial charge in [-0.25, -0.2) is 0 Å². The van der Waals surface area contributed by atoms with E-state index in [9.17, 15) is 0 Å². The molecule has 0 unspecified atom stereocenters. The van der Waals surface area contributed by atoms with Gasteiger partial charge < -0.3 is 10.3 Å². The van der Waals surface area contributed by atoms with E-state index in [4.69, 9.17) is 0 Å². The summed E-state index contributed by atoms with van der Waals surface area (Å²) in [4.78, 5) is 3.35. The molecule has 2 N–H and O–H groups in total. The first kappa shape index (κ1) is 9.97. The maximum absolute atomic E-state index is 3.39. The van der Waals surface area contributed by atoms with Crippen LogP contribution < -0.4 is 5.32 Å². The second-order valence-corrected chi connectivity index (χ2v) is 4.11. The molecule has 1 aromatic heterocycles. The van der Waals surface area contributed by atoms with Crippen molar-refractivity contribution in [1.82, 2.24) is 4.98 Å². The lowest BCUT2D eigenvalue weighted by Crippen LogP contribution is -1.98. The van der Waals surface area contributed by atoms with Crippen molar-refractivity contribution in [2.24, 2.45) is 0 Å². The minimum Gasteiger partial charge on any atom is -0.368 e. The van der Waals surface area contributed by atoms with Gasteiger partial charge in [0.15, 0.2) is 0 Å². The summed E-state index contributed by atoms with van der Waals surface area (Å²) in [5, 5.41) is 4.63. The van der Waals surface area contributed by atoms with Gasteiger partial charge in [0, 0.05) is 17.4 Å². The Balaban J connectivity index is 1.77. The summed E-state index contributed by atoms with van der Waals surface area (Å²) in [6.45, 7) is 0.841. The molecule has 0 aliphatic rings. The molecule has 0 saturated heterocycles. The second kappa shape index (κ2) is 4.34. The van der Waals surface area contributed by atoms with Gasteiger partial charge in [-0.3, -0.25) is 0 Å². The normalized spacial score (nSPS) is 10.6. The molecular weight excluding hydrogens is 208 g/mol. The van der Waals surface area contributed by atoms with Crippen LogP contribution in [0.25, 0.3) is 10.9 Å². The molecule has 3 rings (SSSR count). The van der Waals surface area contributed by atoms with Gasteiger partial charge in [0.05, 0.1) is 0 Å². The van der Waals surface area contributed by atoms with E-state index in [0.29, 0.717) is 0 Å². The number of para-hydroxylation sites is 1. The van der Waals surface area contributed by atoms with Crippen molar-refractivity contribution in [2.75, 3.05) is 5.32 Å². The third-order valence-electron chi connectivity index (χ3n) is 2.86. The van der Waals surface area contributed by atoms with E-state index in [2.05, 4.69) is 58.8 Å². The minimum absolute atomic E-state index is 0.841. The van der Waals surface area contributed by atoms with Crippen LogP contribution in [0.1, 0.15) is 5.56 Å². The number of H-pyrrole nitrogens is 1. The molecule has 3 aromatic rings. The first-order valence-corrected chi connectivity index (χ1v) is 5.77. The highest BCUT2D eigenvalue weighted by Gasteiger charge is 1.98. The lowest BCUT2D eigenvalue weighted by atomic mass is 10.2. The third-order valence-corrected chi connectivity index (χ3v) is 2.86. The number of fused-ring (bicyclic) bond motifs is 1. The highest BCUT2D eigenvalue weighted by molar-refractivity contribution is 5.83. The molecule has 0 aliphatic carbocycles. The minimum atomic E-state index is 0.841. The van der Waals surface area contributed by atoms with E-state index in [0.717, 1.165) is 12.4 Å². The number of aromatic nitrogens is 1. The lowest BCUT2D eigenvalue weighted by molar-refractivity contribution is 1.13. The van der Waals surface area contributed by atoms with Gasteiger partial charge in [0.1, 0.15) is 5.82 Å². The summed E-state index contributed by atoms with van der Waals surface area (Å²) in [6, 6.07) is 20.8. The summed E-state index contributed by atoms with van der Waals surface area (Å²) < 4.78 is 0. The van der Waals surface area contributed by atoms with E-state index < -0.39 is 0 Å². The first-order chi connectivity index (χ1) is 8.42. The Kier molecular flexibility index (Phi) is 2.54. The molecule has 2 aromatic carbocycles. The monoisotopic (exact) mass is 222 g/mol. The number of nitrogens with one attached hydrogen (secondary N) is 2. The van der Waals surface area contributed by atoms with Crippen LogP contribution in [0.4, 0.5) is 5.82 Å². The van der Waals surface area contributed by atoms with E-state index in [1.54, 1.807) is 0 Å². The molecule has 1 heterocycles. The summed E-state index contributed by atoms with van der Waals surface area (Å²) >= 11 is 0. The van der Waals surface area contributed by atoms with Gasteiger partial charge in [-0.2, -0.15) is 0 Å². The largest absolute Gasteiger partial charge is 0.368 e. The van der Waals surface area contributed by atoms with Crippen LogP contribution in [0.15, 0.2) is 60.7 Å². The Morgan fingerprint density at radius 2 is 1.65 bits per heavy atom. The van der Waals surface area contributed by atoms with Crippen molar-refractivity contribution in [3.63, 3.8) is 0 Å². The fraction of sp³-hybridized carbons (Fsp3) is 0.0667. The van der Waals surface area contributed by atoms with Crippen molar-refractivity contribution in [2.45, 2.75) is 6.54 Å². The zero-order valence-corrected chi connectivity index (χ0v) is 9.48. The molecule has 0 bridgehead atoms. The van der Waals surface area contributed by atoms with E-state index in [1.807, 2.05) is 12.1 Å². The van der Waals surface area contributed by atoms with Gasteiger partial charge in [-0.1, -0.05) is 48.5 Å². The molecule has 2 heteroatoms. The summed E-state index contributed by atoms with van der Waals surface area (Å²) in [6.07, 6.45) is 0. The number of hydrogen-bond donors (Lipinski definition) is 2. The average Bonchev–Trinajstić information content (AvgIpc) is 2.80. The zero-order valence-electron chi connectivity index (χ0n) is 9.48. The molecule has 17 heavy (non-hydrogen) atoms. The van der Waals surface area contributed by atoms with Gasteiger partial charge in [-0.15, -0.1) is 0 Å². The quantitative estimate of drug-likeness (QED) is 0.693. The Morgan fingerprint density at radius 1 is 0.882 bits per heavy atom. The molecule has 0 atom stereocenters. The number of benzene rings is 2. The fourth-order valence-electron chi connectivity index (χ4n) is 1.96. The molecule has 0 amide bonds. The molecule has 84 valence electrons. The maximum Gasteiger partial charge on any atom is 0.104 e. The van der Waals surface area contributed by atoms with Crippen molar-refractivity contribution >= 4 is 16.7 Å². The zero-order chi connectivity index (χ0) is 11.5. The molecule has 0 aliphatic heterocycles. The average molecular weight is 222 g/mol. The molecule has 0 saturated carbocycles. The van der Waals surface area contributed by atoms with E-state index in [-0.39, 0.29) is 0 Å². The Hall–Kier alpha value is -2.22. The SMILES string of the molecule is c1ccc(CNc2cc3ccccc3[nH]2)cc1. The predicted molar refractivity (Wildman–Crippen MR) is 72.1 cm³/mol. The van der Waals surface area contributed by atoms with Crippen LogP contribution in [0.2, 0.25) is 0 Å². The lowest BCUT2D eigenvalue weighted by Gasteiger charge is -2.03. The topological polar surface area (TPSA) is 27.8 Å². The Morgan fingerprint density at radius 3 is 2.47 bits per heavy atom. The van der Waals surface area contributed by atoms with Crippen LogP contribution in [0, 0.1) is 0 Å². The Bertz CT molecular complexity index is 578. The van der Waals surface area contributed by atoms with Crippen LogP contribution >= 0.6 is 0 Å². The van der Waals surface area contributed by atoms with Crippen LogP contribution in [0.5, 0.6) is 0 Å². The van der Waals surface area contributed by atoms with Crippen molar-refractivity contribution < 1.29 is 0 Å². The van der Waals surface area contributed by atoms with E-state index in [1.165, 1.54) is 16.5 Å². The number of hydrogen-bond acceptors (Lipinski definition) is 1. The van der Waals surface area contributed by atoms with Gasteiger partial charge in [0.25, 0.3) is 0 Å². The predicted octanol–water partition coefficient (Wildman–Crippen LogP) is 3.78. The van der Waals surface area contributed by atoms with Gasteiger partial charge >= 0.3 is 0 Å². The van der Waals surface area contributed by atoms with Crippen molar-refractivity contribution in [3.05, 3.63) is 66.2 Å². The molecular formula is C15H14N2. The Labute approximate surface area is 100 Å². The maximum atomic E-state index is 3.39. The van der Waals surface area contributed by atoms with Crippen LogP contribution in [0.3, 0.4) is 0 Å². The highest BCUT2D eigenvalue weighted by Crippen LogP contribution is 2.18. The summed E-state index contributed by atoms with van der Waals surface area (Å²) in [7, 11) is 0. The van der Waals surface area contributed by atoms with Crippen molar-refractivity contribution in [3.8, 4) is 0 Å². The van der Waals surface area contributed by atoms with E-state index >= 15 is 0 Å². The molecule has 0 fully saturated rings. The molecule has 2 nitrogen and oxygen atoms in total. The van der Waals surface area contributed by atoms with Crippen molar-refractivity contribution in [1.29, 1.82) is 0 Å². The van der Waals surface area contributed by atoms with Gasteiger partial charge in [0.2, 0.25) is 0 Å². The fourth-order valence-corrected chi connectivity index (χ4v) is 1.96. The standard InChI is InChI=1S/C15H14N2/c1-2-6-12(7-3-1)11-16-15-10-13-8-4-5-9-14(13)17-15/h1-10,16-17H,11H2. The number of aromatic amines is 1. The smallest absolute Gasteiger partial charge is 0.104 e. The molecule has 0 radical (unpaired) electrons. The second-order valence-electron chi connectivity index (χ2n) is 4.11. The first-order valence-electron chi connectivity index (χ1n) is 5.77. The summed E-state index contributed by atoms with van der Waals surface area (Å²) in [5.41, 5.74) is 2.45. The van der Waals surface area contributed by atoms with Gasteiger partial charge in [-0.05, 0) is 17.7 Å². The number of rotatable bonds is 3. The number of anilines is 1. The van der Waals surface area contributed by atoms with Crippen LogP contribution in [-0.4, -0.2) is 4.98 Å². The highest BCUT2D eigenvalue weighted by atomic mass is 15.0.